The van der Waals surface area contributed by atoms with Crippen molar-refractivity contribution in [3.05, 3.63) is 46.5 Å². The van der Waals surface area contributed by atoms with Crippen LogP contribution in [0.25, 0.3) is 0 Å². The zero-order chi connectivity index (χ0) is 19.2. The lowest BCUT2D eigenvalue weighted by molar-refractivity contribution is 0.0461. The van der Waals surface area contributed by atoms with Gasteiger partial charge in [-0.05, 0) is 47.5 Å². The van der Waals surface area contributed by atoms with E-state index in [0.29, 0.717) is 27.8 Å². The van der Waals surface area contributed by atoms with Crippen LogP contribution in [0.2, 0.25) is 0 Å². The minimum absolute atomic E-state index is 0.0129. The van der Waals surface area contributed by atoms with Crippen molar-refractivity contribution < 1.29 is 18.7 Å². The summed E-state index contributed by atoms with van der Waals surface area (Å²) in [5.41, 5.74) is 0.713. The third-order valence-electron chi connectivity index (χ3n) is 3.75. The molecule has 0 unspecified atom stereocenters. The fraction of sp³-hybridized carbons (Fsp3) is 0.353. The molecular weight excluding hydrogens is 370 g/mol. The van der Waals surface area contributed by atoms with E-state index >= 15 is 0 Å². The van der Waals surface area contributed by atoms with Crippen molar-refractivity contribution in [3.8, 4) is 0 Å². The number of amides is 1. The first-order chi connectivity index (χ1) is 13.1. The van der Waals surface area contributed by atoms with Gasteiger partial charge in [0.25, 0.3) is 5.91 Å². The molecule has 0 radical (unpaired) electrons. The first kappa shape index (κ1) is 18.8. The maximum absolute atomic E-state index is 12.4. The Morgan fingerprint density at radius 2 is 2.26 bits per heavy atom. The zero-order valence-electron chi connectivity index (χ0n) is 15.0. The van der Waals surface area contributed by atoms with Crippen LogP contribution in [-0.4, -0.2) is 32.1 Å². The van der Waals surface area contributed by atoms with E-state index in [9.17, 15) is 9.59 Å². The molecule has 0 aliphatic heterocycles. The molecule has 0 saturated heterocycles. The van der Waals surface area contributed by atoms with Crippen molar-refractivity contribution in [1.29, 1.82) is 0 Å². The summed E-state index contributed by atoms with van der Waals surface area (Å²) in [5, 5.41) is 14.6. The van der Waals surface area contributed by atoms with Crippen LogP contribution in [-0.2, 0) is 17.9 Å². The van der Waals surface area contributed by atoms with Crippen molar-refractivity contribution in [2.75, 3.05) is 5.32 Å². The summed E-state index contributed by atoms with van der Waals surface area (Å²) in [7, 11) is 0. The molecule has 9 nitrogen and oxygen atoms in total. The van der Waals surface area contributed by atoms with Gasteiger partial charge in [-0.15, -0.1) is 16.4 Å². The number of furan rings is 1. The zero-order valence-corrected chi connectivity index (χ0v) is 15.8. The van der Waals surface area contributed by atoms with Crippen molar-refractivity contribution in [2.24, 2.45) is 0 Å². The molecular formula is C17H19N5O4S. The number of hydrogen-bond acceptors (Lipinski definition) is 8. The molecule has 0 aliphatic rings. The highest BCUT2D eigenvalue weighted by Crippen LogP contribution is 2.28. The monoisotopic (exact) mass is 389 g/mol. The molecule has 1 N–H and O–H groups in total. The fourth-order valence-electron chi connectivity index (χ4n) is 2.33. The first-order valence-electron chi connectivity index (χ1n) is 8.46. The second-order valence-corrected chi connectivity index (χ2v) is 6.85. The van der Waals surface area contributed by atoms with Gasteiger partial charge in [-0.3, -0.25) is 4.79 Å². The van der Waals surface area contributed by atoms with E-state index in [2.05, 4.69) is 27.8 Å². The van der Waals surface area contributed by atoms with Crippen molar-refractivity contribution in [1.82, 2.24) is 20.2 Å². The number of thiophene rings is 1. The third kappa shape index (κ3) is 4.59. The largest absolute Gasteiger partial charge is 0.459 e. The van der Waals surface area contributed by atoms with Crippen molar-refractivity contribution in [3.63, 3.8) is 0 Å². The summed E-state index contributed by atoms with van der Waals surface area (Å²) in [6.45, 7) is 4.52. The molecule has 3 rings (SSSR count). The highest BCUT2D eigenvalue weighted by molar-refractivity contribution is 7.18. The molecule has 0 aliphatic carbocycles. The van der Waals surface area contributed by atoms with Gasteiger partial charge in [-0.1, -0.05) is 13.3 Å². The highest BCUT2D eigenvalue weighted by atomic mass is 32.1. The van der Waals surface area contributed by atoms with E-state index in [4.69, 9.17) is 9.15 Å². The lowest BCUT2D eigenvalue weighted by Gasteiger charge is -2.05. The van der Waals surface area contributed by atoms with Crippen LogP contribution in [0.5, 0.6) is 0 Å². The summed E-state index contributed by atoms with van der Waals surface area (Å²) in [6.07, 6.45) is 3.38. The molecule has 0 spiro atoms. The number of nitrogens with one attached hydrogen (secondary N) is 1. The normalized spacial score (nSPS) is 10.7. The van der Waals surface area contributed by atoms with Gasteiger partial charge in [0.05, 0.1) is 11.3 Å². The highest BCUT2D eigenvalue weighted by Gasteiger charge is 2.18. The standard InChI is InChI=1S/C17H19N5O4S/c1-3-4-7-22-13(19-20-21-22)10-26-17(24)15-11(2)9-14(27-15)18-16(23)12-6-5-8-25-12/h5-6,8-9H,3-4,7,10H2,1-2H3,(H,18,23). The minimum atomic E-state index is -0.485. The Labute approximate surface area is 159 Å². The number of nitrogens with zero attached hydrogens (tertiary/aromatic N) is 4. The number of aromatic nitrogens is 4. The van der Waals surface area contributed by atoms with Gasteiger partial charge in [-0.25, -0.2) is 9.48 Å². The molecule has 0 aromatic carbocycles. The summed E-state index contributed by atoms with van der Waals surface area (Å²) < 4.78 is 12.0. The minimum Gasteiger partial charge on any atom is -0.459 e. The van der Waals surface area contributed by atoms with Crippen LogP contribution >= 0.6 is 11.3 Å². The van der Waals surface area contributed by atoms with E-state index in [1.54, 1.807) is 29.8 Å². The Balaban J connectivity index is 1.61. The molecule has 1 amide bonds. The quantitative estimate of drug-likeness (QED) is 0.589. The number of carbonyl (C=O) groups excluding carboxylic acids is 2. The van der Waals surface area contributed by atoms with E-state index in [0.717, 1.165) is 24.2 Å². The van der Waals surface area contributed by atoms with Crippen LogP contribution in [0.4, 0.5) is 5.00 Å². The van der Waals surface area contributed by atoms with Crippen LogP contribution in [0.3, 0.4) is 0 Å². The summed E-state index contributed by atoms with van der Waals surface area (Å²) in [4.78, 5) is 24.8. The van der Waals surface area contributed by atoms with Gasteiger partial charge in [0.2, 0.25) is 0 Å². The topological polar surface area (TPSA) is 112 Å². The molecule has 0 bridgehead atoms. The Bertz CT molecular complexity index is 916. The lowest BCUT2D eigenvalue weighted by Crippen LogP contribution is -2.11. The van der Waals surface area contributed by atoms with Gasteiger partial charge in [0.15, 0.2) is 18.2 Å². The SMILES string of the molecule is CCCCn1nnnc1COC(=O)c1sc(NC(=O)c2ccco2)cc1C. The van der Waals surface area contributed by atoms with E-state index in [1.165, 1.54) is 6.26 Å². The number of unbranched alkanes of at least 4 members (excludes halogenated alkanes) is 1. The van der Waals surface area contributed by atoms with Crippen molar-refractivity contribution in [2.45, 2.75) is 39.8 Å². The Hall–Kier alpha value is -3.01. The summed E-state index contributed by atoms with van der Waals surface area (Å²) >= 11 is 1.14. The third-order valence-corrected chi connectivity index (χ3v) is 4.88. The average Bonchev–Trinajstić information content (AvgIpc) is 3.39. The number of tetrazole rings is 1. The van der Waals surface area contributed by atoms with Crippen LogP contribution < -0.4 is 5.32 Å². The fourth-order valence-corrected chi connectivity index (χ4v) is 3.29. The number of carbonyl (C=O) groups is 2. The Kier molecular flexibility index (Phi) is 5.97. The Morgan fingerprint density at radius 1 is 1.41 bits per heavy atom. The molecule has 3 aromatic rings. The molecule has 0 fully saturated rings. The maximum atomic E-state index is 12.4. The van der Waals surface area contributed by atoms with Crippen LogP contribution in [0.15, 0.2) is 28.9 Å². The van der Waals surface area contributed by atoms with Crippen LogP contribution in [0.1, 0.15) is 51.4 Å². The summed E-state index contributed by atoms with van der Waals surface area (Å²) in [5.74, 6) is -0.168. The van der Waals surface area contributed by atoms with E-state index in [1.807, 2.05) is 0 Å². The predicted octanol–water partition coefficient (Wildman–Crippen LogP) is 3.05. The maximum Gasteiger partial charge on any atom is 0.349 e. The van der Waals surface area contributed by atoms with Gasteiger partial charge in [-0.2, -0.15) is 0 Å². The average molecular weight is 389 g/mol. The smallest absolute Gasteiger partial charge is 0.349 e. The first-order valence-corrected chi connectivity index (χ1v) is 9.27. The molecule has 3 heterocycles. The number of aryl methyl sites for hydroxylation is 2. The van der Waals surface area contributed by atoms with Gasteiger partial charge < -0.3 is 14.5 Å². The number of ether oxygens (including phenoxy) is 1. The predicted molar refractivity (Wildman–Crippen MR) is 97.6 cm³/mol. The van der Waals surface area contributed by atoms with Crippen molar-refractivity contribution >= 4 is 28.2 Å². The summed E-state index contributed by atoms with van der Waals surface area (Å²) in [6, 6.07) is 4.91. The number of hydrogen-bond donors (Lipinski definition) is 1. The van der Waals surface area contributed by atoms with Gasteiger partial charge >= 0.3 is 5.97 Å². The molecule has 10 heteroatoms. The molecule has 27 heavy (non-hydrogen) atoms. The molecule has 0 saturated carbocycles. The van der Waals surface area contributed by atoms with Crippen LogP contribution in [0, 0.1) is 6.92 Å². The molecule has 0 atom stereocenters. The number of esters is 1. The lowest BCUT2D eigenvalue weighted by atomic mass is 10.3. The van der Waals surface area contributed by atoms with E-state index in [-0.39, 0.29) is 18.3 Å². The molecule has 142 valence electrons. The van der Waals surface area contributed by atoms with Gasteiger partial charge in [0, 0.05) is 6.54 Å². The number of rotatable bonds is 8. The van der Waals surface area contributed by atoms with Gasteiger partial charge in [0.1, 0.15) is 4.88 Å². The second-order valence-electron chi connectivity index (χ2n) is 5.80. The number of anilines is 1. The second kappa shape index (κ2) is 8.58. The Morgan fingerprint density at radius 3 is 3.00 bits per heavy atom. The molecule has 3 aromatic heterocycles. The van der Waals surface area contributed by atoms with E-state index < -0.39 is 5.97 Å².